The molecule has 6 nitrogen and oxygen atoms in total. The molecule has 0 unspecified atom stereocenters. The van der Waals surface area contributed by atoms with E-state index in [2.05, 4.69) is 31.7 Å². The van der Waals surface area contributed by atoms with Crippen LogP contribution in [-0.4, -0.2) is 20.9 Å². The van der Waals surface area contributed by atoms with E-state index in [4.69, 9.17) is 0 Å². The highest BCUT2D eigenvalue weighted by molar-refractivity contribution is 5.96. The number of hydrogen-bond donors (Lipinski definition) is 2. The zero-order chi connectivity index (χ0) is 14.9. The van der Waals surface area contributed by atoms with Crippen molar-refractivity contribution < 1.29 is 4.79 Å². The minimum absolute atomic E-state index is 0.146. The lowest BCUT2D eigenvalue weighted by Crippen LogP contribution is -2.14. The quantitative estimate of drug-likeness (QED) is 0.770. The molecule has 2 aromatic heterocycles. The standard InChI is InChI=1S/C16H13N5O/c22-15-14-12(8-18-15)9-20-16(21-14)19-7-10-5-11-3-1-2-4-13(11)17-6-10/h1-6,9H,7-8H2,(H,18,22)(H,19,20,21). The van der Waals surface area contributed by atoms with E-state index in [-0.39, 0.29) is 5.91 Å². The Balaban J connectivity index is 1.54. The van der Waals surface area contributed by atoms with Gasteiger partial charge in [0.1, 0.15) is 5.69 Å². The van der Waals surface area contributed by atoms with Gasteiger partial charge in [0, 0.05) is 36.4 Å². The van der Waals surface area contributed by atoms with Gasteiger partial charge in [0.05, 0.1) is 5.52 Å². The van der Waals surface area contributed by atoms with Gasteiger partial charge in [-0.1, -0.05) is 18.2 Å². The van der Waals surface area contributed by atoms with Crippen LogP contribution in [0, 0.1) is 0 Å². The van der Waals surface area contributed by atoms with Crippen LogP contribution in [0.1, 0.15) is 21.6 Å². The summed E-state index contributed by atoms with van der Waals surface area (Å²) in [6.07, 6.45) is 3.51. The molecule has 3 aromatic rings. The van der Waals surface area contributed by atoms with Crippen molar-refractivity contribution in [2.75, 3.05) is 5.32 Å². The summed E-state index contributed by atoms with van der Waals surface area (Å²) in [6.45, 7) is 1.06. The molecule has 108 valence electrons. The van der Waals surface area contributed by atoms with Crippen molar-refractivity contribution in [1.29, 1.82) is 0 Å². The van der Waals surface area contributed by atoms with Crippen LogP contribution in [0.15, 0.2) is 42.7 Å². The third-order valence-electron chi connectivity index (χ3n) is 3.62. The lowest BCUT2D eigenvalue weighted by atomic mass is 10.1. The first-order valence-corrected chi connectivity index (χ1v) is 7.01. The maximum Gasteiger partial charge on any atom is 0.270 e. The molecule has 0 fully saturated rings. The van der Waals surface area contributed by atoms with Crippen molar-refractivity contribution in [3.63, 3.8) is 0 Å². The number of benzene rings is 1. The van der Waals surface area contributed by atoms with Gasteiger partial charge in [-0.05, 0) is 17.7 Å². The van der Waals surface area contributed by atoms with Crippen LogP contribution in [0.5, 0.6) is 0 Å². The molecule has 1 aromatic carbocycles. The van der Waals surface area contributed by atoms with Crippen LogP contribution < -0.4 is 10.6 Å². The molecule has 1 aliphatic heterocycles. The molecular formula is C16H13N5O. The molecule has 0 radical (unpaired) electrons. The predicted molar refractivity (Wildman–Crippen MR) is 82.3 cm³/mol. The van der Waals surface area contributed by atoms with Crippen molar-refractivity contribution in [1.82, 2.24) is 20.3 Å². The van der Waals surface area contributed by atoms with Gasteiger partial charge in [-0.2, -0.15) is 0 Å². The van der Waals surface area contributed by atoms with E-state index in [1.54, 1.807) is 6.20 Å². The smallest absolute Gasteiger partial charge is 0.270 e. The number of para-hydroxylation sites is 1. The highest BCUT2D eigenvalue weighted by Gasteiger charge is 2.21. The maximum absolute atomic E-state index is 11.6. The summed E-state index contributed by atoms with van der Waals surface area (Å²) in [7, 11) is 0. The van der Waals surface area contributed by atoms with Gasteiger partial charge in [-0.15, -0.1) is 0 Å². The van der Waals surface area contributed by atoms with E-state index in [1.807, 2.05) is 30.5 Å². The highest BCUT2D eigenvalue weighted by Crippen LogP contribution is 2.15. The van der Waals surface area contributed by atoms with Crippen LogP contribution in [-0.2, 0) is 13.1 Å². The number of pyridine rings is 1. The number of fused-ring (bicyclic) bond motifs is 2. The van der Waals surface area contributed by atoms with Crippen LogP contribution in [0.25, 0.3) is 10.9 Å². The molecular weight excluding hydrogens is 278 g/mol. The molecule has 4 rings (SSSR count). The van der Waals surface area contributed by atoms with Crippen molar-refractivity contribution in [2.45, 2.75) is 13.1 Å². The van der Waals surface area contributed by atoms with Gasteiger partial charge in [0.25, 0.3) is 5.91 Å². The minimum Gasteiger partial charge on any atom is -0.350 e. The van der Waals surface area contributed by atoms with Crippen LogP contribution in [0.3, 0.4) is 0 Å². The molecule has 0 atom stereocenters. The van der Waals surface area contributed by atoms with E-state index in [0.717, 1.165) is 22.0 Å². The van der Waals surface area contributed by atoms with Gasteiger partial charge in [-0.3, -0.25) is 9.78 Å². The number of amides is 1. The first-order chi connectivity index (χ1) is 10.8. The average Bonchev–Trinajstić information content (AvgIpc) is 2.93. The SMILES string of the molecule is O=C1NCc2cnc(NCc3cnc4ccccc4c3)nc21. The van der Waals surface area contributed by atoms with Crippen LogP contribution in [0.4, 0.5) is 5.95 Å². The lowest BCUT2D eigenvalue weighted by Gasteiger charge is -2.06. The first-order valence-electron chi connectivity index (χ1n) is 7.01. The number of anilines is 1. The zero-order valence-corrected chi connectivity index (χ0v) is 11.7. The molecule has 2 N–H and O–H groups in total. The lowest BCUT2D eigenvalue weighted by molar-refractivity contribution is 0.0961. The van der Waals surface area contributed by atoms with Crippen molar-refractivity contribution in [3.8, 4) is 0 Å². The topological polar surface area (TPSA) is 79.8 Å². The molecule has 0 aliphatic carbocycles. The van der Waals surface area contributed by atoms with Crippen molar-refractivity contribution >= 4 is 22.8 Å². The minimum atomic E-state index is -0.146. The zero-order valence-electron chi connectivity index (χ0n) is 11.7. The number of hydrogen-bond acceptors (Lipinski definition) is 5. The summed E-state index contributed by atoms with van der Waals surface area (Å²) >= 11 is 0. The number of nitrogens with zero attached hydrogens (tertiary/aromatic N) is 3. The van der Waals surface area contributed by atoms with E-state index in [0.29, 0.717) is 24.7 Å². The average molecular weight is 291 g/mol. The fourth-order valence-electron chi connectivity index (χ4n) is 2.47. The molecule has 6 heteroatoms. The first kappa shape index (κ1) is 12.7. The van der Waals surface area contributed by atoms with Gasteiger partial charge < -0.3 is 10.6 Å². The van der Waals surface area contributed by atoms with Gasteiger partial charge in [0.15, 0.2) is 0 Å². The Morgan fingerprint density at radius 2 is 2.09 bits per heavy atom. The van der Waals surface area contributed by atoms with E-state index in [1.165, 1.54) is 0 Å². The molecule has 1 aliphatic rings. The van der Waals surface area contributed by atoms with Crippen LogP contribution >= 0.6 is 0 Å². The maximum atomic E-state index is 11.6. The van der Waals surface area contributed by atoms with E-state index in [9.17, 15) is 4.79 Å². The number of carbonyl (C=O) groups excluding carboxylic acids is 1. The Morgan fingerprint density at radius 1 is 1.18 bits per heavy atom. The monoisotopic (exact) mass is 291 g/mol. The molecule has 1 amide bonds. The normalized spacial score (nSPS) is 13.0. The molecule has 0 saturated heterocycles. The summed E-state index contributed by atoms with van der Waals surface area (Å²) in [4.78, 5) is 24.5. The van der Waals surface area contributed by atoms with Crippen LogP contribution in [0.2, 0.25) is 0 Å². The number of nitrogens with one attached hydrogen (secondary N) is 2. The summed E-state index contributed by atoms with van der Waals surface area (Å²) < 4.78 is 0. The van der Waals surface area contributed by atoms with Gasteiger partial charge in [0.2, 0.25) is 5.95 Å². The summed E-state index contributed by atoms with van der Waals surface area (Å²) in [5, 5.41) is 6.95. The number of aromatic nitrogens is 3. The number of carbonyl (C=O) groups is 1. The third kappa shape index (κ3) is 2.24. The fourth-order valence-corrected chi connectivity index (χ4v) is 2.47. The van der Waals surface area contributed by atoms with E-state index < -0.39 is 0 Å². The number of rotatable bonds is 3. The van der Waals surface area contributed by atoms with Crippen molar-refractivity contribution in [3.05, 3.63) is 59.5 Å². The van der Waals surface area contributed by atoms with E-state index >= 15 is 0 Å². The Hall–Kier alpha value is -3.02. The summed E-state index contributed by atoms with van der Waals surface area (Å²) in [5.74, 6) is 0.303. The Kier molecular flexibility index (Phi) is 2.93. The second-order valence-corrected chi connectivity index (χ2v) is 5.14. The van der Waals surface area contributed by atoms with Crippen molar-refractivity contribution in [2.24, 2.45) is 0 Å². The molecule has 3 heterocycles. The Morgan fingerprint density at radius 3 is 3.05 bits per heavy atom. The largest absolute Gasteiger partial charge is 0.350 e. The summed E-state index contributed by atoms with van der Waals surface area (Å²) in [6, 6.07) is 10.0. The fraction of sp³-hybridized carbons (Fsp3) is 0.125. The molecule has 0 saturated carbocycles. The highest BCUT2D eigenvalue weighted by atomic mass is 16.2. The molecule has 0 bridgehead atoms. The predicted octanol–water partition coefficient (Wildman–Crippen LogP) is 1.88. The molecule has 0 spiro atoms. The van der Waals surface area contributed by atoms with Gasteiger partial charge in [-0.25, -0.2) is 9.97 Å². The second-order valence-electron chi connectivity index (χ2n) is 5.14. The Labute approximate surface area is 126 Å². The van der Waals surface area contributed by atoms with Gasteiger partial charge >= 0.3 is 0 Å². The molecule has 22 heavy (non-hydrogen) atoms. The Bertz CT molecular complexity index is 877. The second kappa shape index (κ2) is 5.07. The third-order valence-corrected chi connectivity index (χ3v) is 3.62. The summed E-state index contributed by atoms with van der Waals surface area (Å²) in [5.41, 5.74) is 3.29.